The molecule has 1 aliphatic rings. The zero-order chi connectivity index (χ0) is 21.4. The summed E-state index contributed by atoms with van der Waals surface area (Å²) < 4.78 is 5.43. The Balaban J connectivity index is 1.89. The van der Waals surface area contributed by atoms with E-state index in [-0.39, 0.29) is 24.0 Å². The molecule has 6 heteroatoms. The van der Waals surface area contributed by atoms with Crippen LogP contribution in [-0.4, -0.2) is 60.1 Å². The van der Waals surface area contributed by atoms with Crippen molar-refractivity contribution >= 4 is 12.0 Å². The van der Waals surface area contributed by atoms with Crippen LogP contribution in [0.15, 0.2) is 30.3 Å². The summed E-state index contributed by atoms with van der Waals surface area (Å²) >= 11 is 0. The summed E-state index contributed by atoms with van der Waals surface area (Å²) in [7, 11) is 0. The minimum Gasteiger partial charge on any atom is -0.444 e. The van der Waals surface area contributed by atoms with Crippen molar-refractivity contribution in [1.82, 2.24) is 15.1 Å². The van der Waals surface area contributed by atoms with Gasteiger partial charge in [-0.05, 0) is 52.3 Å². The number of rotatable bonds is 7. The van der Waals surface area contributed by atoms with Crippen molar-refractivity contribution in [1.29, 1.82) is 0 Å². The maximum absolute atomic E-state index is 12.8. The van der Waals surface area contributed by atoms with Crippen molar-refractivity contribution in [2.75, 3.05) is 32.7 Å². The second-order valence-electron chi connectivity index (χ2n) is 8.63. The van der Waals surface area contributed by atoms with E-state index >= 15 is 0 Å². The fraction of sp³-hybridized carbons (Fsp3) is 0.652. The van der Waals surface area contributed by atoms with E-state index in [2.05, 4.69) is 36.2 Å². The zero-order valence-electron chi connectivity index (χ0n) is 18.6. The molecule has 0 saturated carbocycles. The second-order valence-corrected chi connectivity index (χ2v) is 8.63. The minimum absolute atomic E-state index is 0.0539. The summed E-state index contributed by atoms with van der Waals surface area (Å²) in [6.07, 6.45) is 1.06. The van der Waals surface area contributed by atoms with Gasteiger partial charge in [0, 0.05) is 25.6 Å². The normalized spacial score (nSPS) is 16.6. The van der Waals surface area contributed by atoms with E-state index in [1.165, 1.54) is 5.56 Å². The third-order valence-electron chi connectivity index (χ3n) is 5.42. The Morgan fingerprint density at radius 2 is 1.72 bits per heavy atom. The van der Waals surface area contributed by atoms with Gasteiger partial charge < -0.3 is 15.0 Å². The molecule has 0 unspecified atom stereocenters. The number of amides is 2. The fourth-order valence-electron chi connectivity index (χ4n) is 3.79. The molecule has 2 rings (SSSR count). The highest BCUT2D eigenvalue weighted by molar-refractivity contribution is 5.79. The predicted molar refractivity (Wildman–Crippen MR) is 116 cm³/mol. The van der Waals surface area contributed by atoms with Crippen LogP contribution in [0.25, 0.3) is 0 Å². The van der Waals surface area contributed by atoms with Crippen LogP contribution in [0, 0.1) is 5.92 Å². The molecule has 0 aromatic heterocycles. The van der Waals surface area contributed by atoms with Gasteiger partial charge in [-0.2, -0.15) is 0 Å². The number of hydrogen-bond donors (Lipinski definition) is 1. The average Bonchev–Trinajstić information content (AvgIpc) is 2.70. The predicted octanol–water partition coefficient (Wildman–Crippen LogP) is 3.83. The number of piperidine rings is 1. The van der Waals surface area contributed by atoms with Gasteiger partial charge in [0.25, 0.3) is 0 Å². The lowest BCUT2D eigenvalue weighted by Gasteiger charge is -2.34. The van der Waals surface area contributed by atoms with Gasteiger partial charge in [0.1, 0.15) is 5.60 Å². The van der Waals surface area contributed by atoms with E-state index in [1.807, 2.05) is 39.0 Å². The van der Waals surface area contributed by atoms with Gasteiger partial charge in [-0.15, -0.1) is 0 Å². The molecule has 29 heavy (non-hydrogen) atoms. The Morgan fingerprint density at radius 1 is 1.14 bits per heavy atom. The molecule has 6 nitrogen and oxygen atoms in total. The SMILES string of the molecule is CCN(CC)[C@@H](CNC(=O)C1CCN(C(=O)OC(C)(C)C)CC1)c1ccccc1. The van der Waals surface area contributed by atoms with Crippen LogP contribution in [0.3, 0.4) is 0 Å². The molecule has 1 saturated heterocycles. The van der Waals surface area contributed by atoms with Crippen molar-refractivity contribution in [2.24, 2.45) is 5.92 Å². The molecule has 1 aromatic carbocycles. The van der Waals surface area contributed by atoms with Crippen molar-refractivity contribution in [3.63, 3.8) is 0 Å². The summed E-state index contributed by atoms with van der Waals surface area (Å²) in [5.41, 5.74) is 0.721. The first kappa shape index (κ1) is 23.2. The lowest BCUT2D eigenvalue weighted by atomic mass is 9.95. The number of benzene rings is 1. The molecule has 1 atom stereocenters. The fourth-order valence-corrected chi connectivity index (χ4v) is 3.79. The number of likely N-dealkylation sites (N-methyl/N-ethyl adjacent to an activating group) is 1. The number of ether oxygens (including phenoxy) is 1. The van der Waals surface area contributed by atoms with Crippen molar-refractivity contribution < 1.29 is 14.3 Å². The zero-order valence-corrected chi connectivity index (χ0v) is 18.6. The Kier molecular flexibility index (Phi) is 8.50. The monoisotopic (exact) mass is 403 g/mol. The van der Waals surface area contributed by atoms with E-state index in [9.17, 15) is 9.59 Å². The Bertz CT molecular complexity index is 645. The van der Waals surface area contributed by atoms with Gasteiger partial charge >= 0.3 is 6.09 Å². The van der Waals surface area contributed by atoms with Crippen molar-refractivity contribution in [3.8, 4) is 0 Å². The minimum atomic E-state index is -0.498. The molecule has 0 radical (unpaired) electrons. The van der Waals surface area contributed by atoms with Gasteiger partial charge in [0.2, 0.25) is 5.91 Å². The number of likely N-dealkylation sites (tertiary alicyclic amines) is 1. The maximum Gasteiger partial charge on any atom is 0.410 e. The van der Waals surface area contributed by atoms with Crippen LogP contribution in [0.1, 0.15) is 59.1 Å². The molecule has 2 amide bonds. The molecule has 1 aromatic rings. The highest BCUT2D eigenvalue weighted by atomic mass is 16.6. The Labute approximate surface area is 175 Å². The molecule has 1 aliphatic heterocycles. The van der Waals surface area contributed by atoms with Gasteiger partial charge in [-0.25, -0.2) is 4.79 Å². The second kappa shape index (κ2) is 10.6. The van der Waals surface area contributed by atoms with Crippen molar-refractivity contribution in [3.05, 3.63) is 35.9 Å². The molecule has 1 fully saturated rings. The number of carbonyl (C=O) groups is 2. The topological polar surface area (TPSA) is 61.9 Å². The Hall–Kier alpha value is -2.08. The standard InChI is InChI=1S/C23H37N3O3/c1-6-25(7-2)20(18-11-9-8-10-12-18)17-24-21(27)19-13-15-26(16-14-19)22(28)29-23(3,4)5/h8-12,19-20H,6-7,13-17H2,1-5H3,(H,24,27)/t20-/m0/s1. The quantitative estimate of drug-likeness (QED) is 0.752. The number of nitrogens with zero attached hydrogens (tertiary/aromatic N) is 2. The summed E-state index contributed by atoms with van der Waals surface area (Å²) in [5.74, 6) is 0.0312. The molecule has 0 aliphatic carbocycles. The van der Waals surface area contributed by atoms with Gasteiger partial charge in [0.05, 0.1) is 6.04 Å². The summed E-state index contributed by atoms with van der Waals surface area (Å²) in [4.78, 5) is 29.0. The van der Waals surface area contributed by atoms with E-state index < -0.39 is 5.60 Å². The smallest absolute Gasteiger partial charge is 0.410 e. The number of nitrogens with one attached hydrogen (secondary N) is 1. The van der Waals surface area contributed by atoms with Crippen LogP contribution in [-0.2, 0) is 9.53 Å². The molecule has 0 bridgehead atoms. The molecule has 1 heterocycles. The molecule has 1 N–H and O–H groups in total. The average molecular weight is 404 g/mol. The lowest BCUT2D eigenvalue weighted by molar-refractivity contribution is -0.126. The summed E-state index contributed by atoms with van der Waals surface area (Å²) in [6, 6.07) is 10.5. The van der Waals surface area contributed by atoms with Gasteiger partial charge in [-0.1, -0.05) is 44.2 Å². The van der Waals surface area contributed by atoms with Gasteiger partial charge in [0.15, 0.2) is 0 Å². The van der Waals surface area contributed by atoms with Crippen LogP contribution in [0.4, 0.5) is 4.79 Å². The highest BCUT2D eigenvalue weighted by Gasteiger charge is 2.30. The van der Waals surface area contributed by atoms with Crippen LogP contribution in [0.2, 0.25) is 0 Å². The summed E-state index contributed by atoms with van der Waals surface area (Å²) in [5, 5.41) is 3.17. The maximum atomic E-state index is 12.8. The molecule has 162 valence electrons. The highest BCUT2D eigenvalue weighted by Crippen LogP contribution is 2.22. The summed E-state index contributed by atoms with van der Waals surface area (Å²) in [6.45, 7) is 13.5. The first-order valence-corrected chi connectivity index (χ1v) is 10.8. The van der Waals surface area contributed by atoms with E-state index in [4.69, 9.17) is 4.74 Å². The lowest BCUT2D eigenvalue weighted by Crippen LogP contribution is -2.46. The number of carbonyl (C=O) groups excluding carboxylic acids is 2. The van der Waals surface area contributed by atoms with Gasteiger partial charge in [-0.3, -0.25) is 9.69 Å². The Morgan fingerprint density at radius 3 is 2.24 bits per heavy atom. The van der Waals surface area contributed by atoms with Crippen LogP contribution >= 0.6 is 0 Å². The molecule has 0 spiro atoms. The molecular weight excluding hydrogens is 366 g/mol. The van der Waals surface area contributed by atoms with Crippen LogP contribution < -0.4 is 5.32 Å². The van der Waals surface area contributed by atoms with E-state index in [0.29, 0.717) is 32.5 Å². The van der Waals surface area contributed by atoms with Crippen molar-refractivity contribution in [2.45, 2.75) is 59.1 Å². The first-order valence-electron chi connectivity index (χ1n) is 10.8. The third-order valence-corrected chi connectivity index (χ3v) is 5.42. The molecular formula is C23H37N3O3. The largest absolute Gasteiger partial charge is 0.444 e. The van der Waals surface area contributed by atoms with E-state index in [1.54, 1.807) is 4.90 Å². The first-order chi connectivity index (χ1) is 13.7. The third kappa shape index (κ3) is 7.03. The number of hydrogen-bond acceptors (Lipinski definition) is 4. The van der Waals surface area contributed by atoms with Crippen LogP contribution in [0.5, 0.6) is 0 Å². The van der Waals surface area contributed by atoms with E-state index in [0.717, 1.165) is 13.1 Å².